The maximum atomic E-state index is 11.9. The van der Waals surface area contributed by atoms with Crippen LogP contribution in [-0.4, -0.2) is 53.2 Å². The lowest BCUT2D eigenvalue weighted by Crippen LogP contribution is -2.26. The van der Waals surface area contributed by atoms with Gasteiger partial charge in [0.25, 0.3) is 0 Å². The molecule has 0 aliphatic carbocycles. The molecule has 1 amide bonds. The van der Waals surface area contributed by atoms with Crippen molar-refractivity contribution in [2.75, 3.05) is 26.5 Å². The molecule has 1 heterocycles. The number of benzene rings is 1. The monoisotopic (exact) mass is 378 g/mol. The molecule has 0 bridgehead atoms. The number of ether oxygens (including phenoxy) is 2. The van der Waals surface area contributed by atoms with Gasteiger partial charge in [-0.15, -0.1) is 10.2 Å². The van der Waals surface area contributed by atoms with E-state index in [4.69, 9.17) is 4.74 Å². The van der Waals surface area contributed by atoms with Gasteiger partial charge >= 0.3 is 5.97 Å². The largest absolute Gasteiger partial charge is 0.496 e. The van der Waals surface area contributed by atoms with E-state index in [0.29, 0.717) is 29.7 Å². The summed E-state index contributed by atoms with van der Waals surface area (Å²) in [5.74, 6) is 1.19. The molecular formula is C17H22N4O4S. The van der Waals surface area contributed by atoms with Crippen LogP contribution in [0.25, 0.3) is 11.4 Å². The molecule has 0 saturated carbocycles. The van der Waals surface area contributed by atoms with Crippen molar-refractivity contribution in [1.29, 1.82) is 0 Å². The van der Waals surface area contributed by atoms with Crippen molar-refractivity contribution in [2.24, 2.45) is 7.05 Å². The number of hydrogen-bond donors (Lipinski definition) is 1. The summed E-state index contributed by atoms with van der Waals surface area (Å²) in [4.78, 5) is 22.9. The van der Waals surface area contributed by atoms with E-state index >= 15 is 0 Å². The lowest BCUT2D eigenvalue weighted by molar-refractivity contribution is -0.140. The van der Waals surface area contributed by atoms with E-state index in [1.807, 2.05) is 35.9 Å². The van der Waals surface area contributed by atoms with E-state index in [1.54, 1.807) is 7.11 Å². The number of rotatable bonds is 9. The Morgan fingerprint density at radius 1 is 1.23 bits per heavy atom. The fourth-order valence-corrected chi connectivity index (χ4v) is 2.99. The number of nitrogens with zero attached hydrogens (tertiary/aromatic N) is 3. The quantitative estimate of drug-likeness (QED) is 0.403. The summed E-state index contributed by atoms with van der Waals surface area (Å²) in [7, 11) is 4.80. The molecule has 8 nitrogen and oxygen atoms in total. The molecule has 0 spiro atoms. The molecule has 1 aromatic heterocycles. The Kier molecular flexibility index (Phi) is 7.46. The van der Waals surface area contributed by atoms with E-state index in [9.17, 15) is 9.59 Å². The molecule has 0 aliphatic rings. The van der Waals surface area contributed by atoms with Gasteiger partial charge in [-0.3, -0.25) is 9.59 Å². The van der Waals surface area contributed by atoms with Gasteiger partial charge in [-0.2, -0.15) is 0 Å². The first-order chi connectivity index (χ1) is 12.6. The number of thioether (sulfide) groups is 1. The first-order valence-electron chi connectivity index (χ1n) is 8.06. The second-order valence-corrected chi connectivity index (χ2v) is 6.33. The van der Waals surface area contributed by atoms with Crippen LogP contribution in [-0.2, 0) is 21.4 Å². The van der Waals surface area contributed by atoms with Crippen molar-refractivity contribution in [3.63, 3.8) is 0 Å². The highest BCUT2D eigenvalue weighted by Crippen LogP contribution is 2.29. The molecule has 0 unspecified atom stereocenters. The van der Waals surface area contributed by atoms with Crippen LogP contribution < -0.4 is 10.1 Å². The SMILES string of the molecule is COC(=O)CCCNC(=O)CSc1nnc(-c2ccccc2OC)n1C. The molecule has 0 atom stereocenters. The number of methoxy groups -OCH3 is 2. The van der Waals surface area contributed by atoms with Crippen LogP contribution >= 0.6 is 11.8 Å². The average Bonchev–Trinajstić information content (AvgIpc) is 3.03. The van der Waals surface area contributed by atoms with E-state index in [0.717, 1.165) is 5.56 Å². The van der Waals surface area contributed by atoms with Crippen molar-refractivity contribution in [2.45, 2.75) is 18.0 Å². The molecule has 1 aromatic carbocycles. The molecule has 0 aliphatic heterocycles. The number of aromatic nitrogens is 3. The second kappa shape index (κ2) is 9.81. The minimum atomic E-state index is -0.281. The number of para-hydroxylation sites is 1. The van der Waals surface area contributed by atoms with E-state index in [1.165, 1.54) is 18.9 Å². The molecule has 1 N–H and O–H groups in total. The van der Waals surface area contributed by atoms with Crippen LogP contribution in [0.5, 0.6) is 5.75 Å². The summed E-state index contributed by atoms with van der Waals surface area (Å²) in [6.07, 6.45) is 0.834. The van der Waals surface area contributed by atoms with Crippen LogP contribution in [0.3, 0.4) is 0 Å². The third-order valence-corrected chi connectivity index (χ3v) is 4.64. The van der Waals surface area contributed by atoms with Gasteiger partial charge in [0.1, 0.15) is 5.75 Å². The van der Waals surface area contributed by atoms with Gasteiger partial charge in [0.2, 0.25) is 5.91 Å². The smallest absolute Gasteiger partial charge is 0.305 e. The first-order valence-corrected chi connectivity index (χ1v) is 9.04. The Morgan fingerprint density at radius 2 is 2.00 bits per heavy atom. The molecule has 0 fully saturated rings. The van der Waals surface area contributed by atoms with Crippen LogP contribution in [0, 0.1) is 0 Å². The van der Waals surface area contributed by atoms with Crippen molar-refractivity contribution in [3.8, 4) is 17.1 Å². The number of esters is 1. The summed E-state index contributed by atoms with van der Waals surface area (Å²) in [6, 6.07) is 7.56. The van der Waals surface area contributed by atoms with Crippen molar-refractivity contribution >= 4 is 23.6 Å². The van der Waals surface area contributed by atoms with Crippen molar-refractivity contribution in [1.82, 2.24) is 20.1 Å². The van der Waals surface area contributed by atoms with Gasteiger partial charge < -0.3 is 19.4 Å². The van der Waals surface area contributed by atoms with Gasteiger partial charge in [0, 0.05) is 20.0 Å². The first kappa shape index (κ1) is 19.8. The highest BCUT2D eigenvalue weighted by atomic mass is 32.2. The number of amides is 1. The minimum absolute atomic E-state index is 0.123. The van der Waals surface area contributed by atoms with Gasteiger partial charge in [0.05, 0.1) is 25.5 Å². The number of carbonyl (C=O) groups excluding carboxylic acids is 2. The fourth-order valence-electron chi connectivity index (χ4n) is 2.25. The predicted octanol–water partition coefficient (Wildman–Crippen LogP) is 1.65. The molecule has 2 rings (SSSR count). The molecule has 26 heavy (non-hydrogen) atoms. The molecule has 0 saturated heterocycles. The van der Waals surface area contributed by atoms with Crippen LogP contribution in [0.1, 0.15) is 12.8 Å². The molecule has 2 aromatic rings. The Morgan fingerprint density at radius 3 is 2.73 bits per heavy atom. The van der Waals surface area contributed by atoms with Gasteiger partial charge in [-0.25, -0.2) is 0 Å². The normalized spacial score (nSPS) is 10.4. The van der Waals surface area contributed by atoms with Crippen molar-refractivity contribution in [3.05, 3.63) is 24.3 Å². The lowest BCUT2D eigenvalue weighted by atomic mass is 10.2. The summed E-state index contributed by atoms with van der Waals surface area (Å²) in [5, 5.41) is 11.8. The number of hydrogen-bond acceptors (Lipinski definition) is 7. The number of carbonyl (C=O) groups is 2. The minimum Gasteiger partial charge on any atom is -0.496 e. The maximum Gasteiger partial charge on any atom is 0.305 e. The van der Waals surface area contributed by atoms with E-state index in [2.05, 4.69) is 20.3 Å². The van der Waals surface area contributed by atoms with Crippen LogP contribution in [0.4, 0.5) is 0 Å². The Labute approximate surface area is 156 Å². The summed E-state index contributed by atoms with van der Waals surface area (Å²) >= 11 is 1.30. The molecule has 9 heteroatoms. The molecule has 140 valence electrons. The average molecular weight is 378 g/mol. The van der Waals surface area contributed by atoms with Gasteiger partial charge in [-0.1, -0.05) is 23.9 Å². The van der Waals surface area contributed by atoms with Crippen LogP contribution in [0.2, 0.25) is 0 Å². The summed E-state index contributed by atoms with van der Waals surface area (Å²) in [5.41, 5.74) is 0.837. The zero-order chi connectivity index (χ0) is 18.9. The summed E-state index contributed by atoms with van der Waals surface area (Å²) in [6.45, 7) is 0.430. The topological polar surface area (TPSA) is 95.3 Å². The predicted molar refractivity (Wildman–Crippen MR) is 98.0 cm³/mol. The van der Waals surface area contributed by atoms with Crippen molar-refractivity contribution < 1.29 is 19.1 Å². The molecular weight excluding hydrogens is 356 g/mol. The Balaban J connectivity index is 1.88. The highest BCUT2D eigenvalue weighted by molar-refractivity contribution is 7.99. The zero-order valence-corrected chi connectivity index (χ0v) is 15.8. The zero-order valence-electron chi connectivity index (χ0n) is 15.0. The van der Waals surface area contributed by atoms with Gasteiger partial charge in [0.15, 0.2) is 11.0 Å². The Hall–Kier alpha value is -2.55. The summed E-state index contributed by atoms with van der Waals surface area (Å²) < 4.78 is 11.7. The maximum absolute atomic E-state index is 11.9. The van der Waals surface area contributed by atoms with Gasteiger partial charge in [-0.05, 0) is 18.6 Å². The highest BCUT2D eigenvalue weighted by Gasteiger charge is 2.15. The number of nitrogens with one attached hydrogen (secondary N) is 1. The standard InChI is InChI=1S/C17H22N4O4S/c1-21-16(12-7-4-5-8-13(12)24-2)19-20-17(21)26-11-14(22)18-10-6-9-15(23)25-3/h4-5,7-8H,6,9-11H2,1-3H3,(H,18,22). The van der Waals surface area contributed by atoms with Crippen LogP contribution in [0.15, 0.2) is 29.4 Å². The fraction of sp³-hybridized carbons (Fsp3) is 0.412. The molecule has 0 radical (unpaired) electrons. The third-order valence-electron chi connectivity index (χ3n) is 3.62. The second-order valence-electron chi connectivity index (χ2n) is 5.38. The Bertz CT molecular complexity index is 763. The van der Waals surface area contributed by atoms with E-state index in [-0.39, 0.29) is 24.1 Å². The van der Waals surface area contributed by atoms with E-state index < -0.39 is 0 Å². The third kappa shape index (κ3) is 5.22. The lowest BCUT2D eigenvalue weighted by Gasteiger charge is -2.08.